The number of aromatic nitrogens is 3. The molecule has 3 aromatic rings. The van der Waals surface area contributed by atoms with Gasteiger partial charge in [0, 0.05) is 24.3 Å². The van der Waals surface area contributed by atoms with Crippen LogP contribution < -0.4 is 4.90 Å². The maximum Gasteiger partial charge on any atom is 0.240 e. The molecule has 0 spiro atoms. The number of thioether (sulfide) groups is 1. The summed E-state index contributed by atoms with van der Waals surface area (Å²) in [6, 6.07) is 19.6. The average molecular weight is 393 g/mol. The minimum Gasteiger partial charge on any atom is -0.312 e. The first-order chi connectivity index (χ1) is 13.7. The number of allylic oxidation sites excluding steroid dienone is 1. The van der Waals surface area contributed by atoms with Crippen molar-refractivity contribution in [3.63, 3.8) is 0 Å². The van der Waals surface area contributed by atoms with Crippen molar-refractivity contribution in [1.29, 1.82) is 0 Å². The number of benzene rings is 2. The molecular formula is C22H24N4OS. The second-order valence-electron chi connectivity index (χ2n) is 6.25. The molecule has 0 saturated carbocycles. The maximum absolute atomic E-state index is 13.1. The van der Waals surface area contributed by atoms with E-state index in [4.69, 9.17) is 0 Å². The van der Waals surface area contributed by atoms with Crippen LogP contribution in [0.3, 0.4) is 0 Å². The summed E-state index contributed by atoms with van der Waals surface area (Å²) < 4.78 is 2.00. The molecule has 5 nitrogen and oxygen atoms in total. The summed E-state index contributed by atoms with van der Waals surface area (Å²) >= 11 is 1.42. The van der Waals surface area contributed by atoms with E-state index in [1.165, 1.54) is 11.8 Å². The first-order valence-corrected chi connectivity index (χ1v) is 10.2. The molecule has 0 aliphatic heterocycles. The van der Waals surface area contributed by atoms with Crippen LogP contribution in [-0.2, 0) is 11.3 Å². The Morgan fingerprint density at radius 3 is 2.39 bits per heavy atom. The van der Waals surface area contributed by atoms with Crippen LogP contribution in [-0.4, -0.2) is 32.5 Å². The van der Waals surface area contributed by atoms with Crippen LogP contribution in [0.1, 0.15) is 13.8 Å². The van der Waals surface area contributed by atoms with Gasteiger partial charge in [-0.05, 0) is 26.0 Å². The number of carbonyl (C=O) groups excluding carboxylic acids is 1. The zero-order valence-electron chi connectivity index (χ0n) is 16.2. The van der Waals surface area contributed by atoms with Gasteiger partial charge in [-0.25, -0.2) is 0 Å². The number of para-hydroxylation sites is 1. The Morgan fingerprint density at radius 2 is 1.79 bits per heavy atom. The highest BCUT2D eigenvalue weighted by Gasteiger charge is 2.24. The van der Waals surface area contributed by atoms with Gasteiger partial charge in [-0.15, -0.1) is 16.8 Å². The molecule has 0 bridgehead atoms. The summed E-state index contributed by atoms with van der Waals surface area (Å²) in [5, 5.41) is 9.13. The quantitative estimate of drug-likeness (QED) is 0.413. The minimum atomic E-state index is -0.295. The van der Waals surface area contributed by atoms with Crippen molar-refractivity contribution >= 4 is 23.4 Å². The summed E-state index contributed by atoms with van der Waals surface area (Å²) in [5.74, 6) is 0.825. The highest BCUT2D eigenvalue weighted by Crippen LogP contribution is 2.28. The molecule has 28 heavy (non-hydrogen) atoms. The monoisotopic (exact) mass is 392 g/mol. The van der Waals surface area contributed by atoms with Crippen LogP contribution in [0.4, 0.5) is 5.69 Å². The molecule has 3 rings (SSSR count). The Bertz CT molecular complexity index is 924. The lowest BCUT2D eigenvalue weighted by Crippen LogP contribution is -2.36. The minimum absolute atomic E-state index is 0.0492. The first kappa shape index (κ1) is 19.9. The third-order valence-electron chi connectivity index (χ3n) is 4.34. The van der Waals surface area contributed by atoms with Gasteiger partial charge >= 0.3 is 0 Å². The molecule has 1 aromatic heterocycles. The molecule has 144 valence electrons. The van der Waals surface area contributed by atoms with E-state index in [0.29, 0.717) is 18.2 Å². The number of nitrogens with zero attached hydrogens (tertiary/aromatic N) is 4. The van der Waals surface area contributed by atoms with E-state index < -0.39 is 0 Å². The van der Waals surface area contributed by atoms with Crippen molar-refractivity contribution < 1.29 is 4.79 Å². The van der Waals surface area contributed by atoms with E-state index in [1.807, 2.05) is 85.2 Å². The number of anilines is 1. The van der Waals surface area contributed by atoms with Crippen LogP contribution in [0.25, 0.3) is 11.4 Å². The van der Waals surface area contributed by atoms with E-state index in [2.05, 4.69) is 16.8 Å². The third kappa shape index (κ3) is 4.34. The van der Waals surface area contributed by atoms with Gasteiger partial charge in [0.2, 0.25) is 5.91 Å². The molecule has 0 aliphatic rings. The summed E-state index contributed by atoms with van der Waals surface area (Å²) in [4.78, 5) is 14.8. The van der Waals surface area contributed by atoms with Crippen molar-refractivity contribution in [2.24, 2.45) is 0 Å². The summed E-state index contributed by atoms with van der Waals surface area (Å²) in [5.41, 5.74) is 1.89. The van der Waals surface area contributed by atoms with Crippen LogP contribution >= 0.6 is 11.8 Å². The van der Waals surface area contributed by atoms with Gasteiger partial charge in [-0.1, -0.05) is 66.4 Å². The Hall–Kier alpha value is -2.86. The number of hydrogen-bond donors (Lipinski definition) is 0. The lowest BCUT2D eigenvalue weighted by Gasteiger charge is -2.24. The van der Waals surface area contributed by atoms with Crippen molar-refractivity contribution in [2.45, 2.75) is 30.8 Å². The normalized spacial score (nSPS) is 11.8. The molecule has 0 radical (unpaired) electrons. The zero-order valence-corrected chi connectivity index (χ0v) is 17.0. The fraction of sp³-hybridized carbons (Fsp3) is 0.227. The number of rotatable bonds is 8. The smallest absolute Gasteiger partial charge is 0.240 e. The van der Waals surface area contributed by atoms with E-state index >= 15 is 0 Å². The van der Waals surface area contributed by atoms with Gasteiger partial charge in [0.1, 0.15) is 0 Å². The predicted octanol–water partition coefficient (Wildman–Crippen LogP) is 4.66. The third-order valence-corrected chi connectivity index (χ3v) is 5.41. The molecule has 0 aliphatic carbocycles. The SMILES string of the molecule is C=CCn1c(S[C@@H](C)C(=O)N(CC)c2ccccc2)nnc1-c1ccccc1. The first-order valence-electron chi connectivity index (χ1n) is 9.28. The number of carbonyl (C=O) groups is 1. The topological polar surface area (TPSA) is 51.0 Å². The summed E-state index contributed by atoms with van der Waals surface area (Å²) in [6.45, 7) is 8.93. The Balaban J connectivity index is 1.83. The lowest BCUT2D eigenvalue weighted by atomic mass is 10.2. The van der Waals surface area contributed by atoms with Gasteiger partial charge in [0.15, 0.2) is 11.0 Å². The molecule has 2 aromatic carbocycles. The highest BCUT2D eigenvalue weighted by molar-refractivity contribution is 8.00. The van der Waals surface area contributed by atoms with Crippen molar-refractivity contribution in [1.82, 2.24) is 14.8 Å². The standard InChI is InChI=1S/C22H24N4OS/c1-4-16-26-20(18-12-8-6-9-13-18)23-24-22(26)28-17(3)21(27)25(5-2)19-14-10-7-11-15-19/h4,6-15,17H,1,5,16H2,2-3H3/t17-/m0/s1. The number of amides is 1. The van der Waals surface area contributed by atoms with Crippen molar-refractivity contribution in [3.8, 4) is 11.4 Å². The summed E-state index contributed by atoms with van der Waals surface area (Å²) in [7, 11) is 0. The molecule has 1 amide bonds. The van der Waals surface area contributed by atoms with E-state index in [0.717, 1.165) is 17.1 Å². The van der Waals surface area contributed by atoms with Crippen LogP contribution in [0.5, 0.6) is 0 Å². The van der Waals surface area contributed by atoms with Gasteiger partial charge in [-0.3, -0.25) is 9.36 Å². The molecule has 0 fully saturated rings. The van der Waals surface area contributed by atoms with Crippen molar-refractivity contribution in [2.75, 3.05) is 11.4 Å². The Kier molecular flexibility index (Phi) is 6.66. The predicted molar refractivity (Wildman–Crippen MR) is 115 cm³/mol. The summed E-state index contributed by atoms with van der Waals surface area (Å²) in [6.07, 6.45) is 1.81. The lowest BCUT2D eigenvalue weighted by molar-refractivity contribution is -0.117. The molecule has 0 unspecified atom stereocenters. The molecule has 6 heteroatoms. The second kappa shape index (κ2) is 9.37. The van der Waals surface area contributed by atoms with Gasteiger partial charge in [-0.2, -0.15) is 0 Å². The van der Waals surface area contributed by atoms with Crippen LogP contribution in [0.15, 0.2) is 78.5 Å². The fourth-order valence-corrected chi connectivity index (χ4v) is 3.89. The highest BCUT2D eigenvalue weighted by atomic mass is 32.2. The maximum atomic E-state index is 13.1. The van der Waals surface area contributed by atoms with Gasteiger partial charge < -0.3 is 4.90 Å². The van der Waals surface area contributed by atoms with E-state index in [1.54, 1.807) is 4.90 Å². The van der Waals surface area contributed by atoms with Crippen molar-refractivity contribution in [3.05, 3.63) is 73.3 Å². The molecule has 0 saturated heterocycles. The molecule has 1 atom stereocenters. The Morgan fingerprint density at radius 1 is 1.14 bits per heavy atom. The number of hydrogen-bond acceptors (Lipinski definition) is 4. The largest absolute Gasteiger partial charge is 0.312 e. The molecular weight excluding hydrogens is 368 g/mol. The van der Waals surface area contributed by atoms with Gasteiger partial charge in [0.05, 0.1) is 5.25 Å². The van der Waals surface area contributed by atoms with E-state index in [9.17, 15) is 4.79 Å². The van der Waals surface area contributed by atoms with Crippen LogP contribution in [0, 0.1) is 0 Å². The van der Waals surface area contributed by atoms with E-state index in [-0.39, 0.29) is 11.2 Å². The van der Waals surface area contributed by atoms with Gasteiger partial charge in [0.25, 0.3) is 0 Å². The van der Waals surface area contributed by atoms with Crippen LogP contribution in [0.2, 0.25) is 0 Å². The zero-order chi connectivity index (χ0) is 19.9. The average Bonchev–Trinajstić information content (AvgIpc) is 3.12. The fourth-order valence-electron chi connectivity index (χ4n) is 2.97. The Labute approximate surface area is 170 Å². The second-order valence-corrected chi connectivity index (χ2v) is 7.56. The molecule has 1 heterocycles. The molecule has 0 N–H and O–H groups in total.